The summed E-state index contributed by atoms with van der Waals surface area (Å²) >= 11 is 1.89. The van der Waals surface area contributed by atoms with Gasteiger partial charge in [0.1, 0.15) is 0 Å². The second kappa shape index (κ2) is 6.29. The third-order valence-electron chi connectivity index (χ3n) is 4.05. The average Bonchev–Trinajstić information content (AvgIpc) is 2.95. The molecular formula is C14H27N3S. The van der Waals surface area contributed by atoms with Gasteiger partial charge in [-0.2, -0.15) is 0 Å². The van der Waals surface area contributed by atoms with Crippen LogP contribution in [0.1, 0.15) is 34.1 Å². The van der Waals surface area contributed by atoms with Crippen molar-refractivity contribution in [1.29, 1.82) is 0 Å². The van der Waals surface area contributed by atoms with Gasteiger partial charge >= 0.3 is 0 Å². The van der Waals surface area contributed by atoms with E-state index in [4.69, 9.17) is 4.99 Å². The van der Waals surface area contributed by atoms with Crippen molar-refractivity contribution < 1.29 is 0 Å². The zero-order valence-electron chi connectivity index (χ0n) is 12.1. The average molecular weight is 269 g/mol. The summed E-state index contributed by atoms with van der Waals surface area (Å²) in [5.41, 5.74) is 0. The predicted octanol–water partition coefficient (Wildman–Crippen LogP) is 2.43. The van der Waals surface area contributed by atoms with Crippen molar-refractivity contribution in [3.63, 3.8) is 0 Å². The lowest BCUT2D eigenvalue weighted by molar-refractivity contribution is 0.266. The summed E-state index contributed by atoms with van der Waals surface area (Å²) in [4.78, 5) is 7.34. The minimum absolute atomic E-state index is 0.615. The molecule has 1 unspecified atom stereocenters. The van der Waals surface area contributed by atoms with Crippen LogP contribution in [0.3, 0.4) is 0 Å². The van der Waals surface area contributed by atoms with E-state index in [0.717, 1.165) is 12.5 Å². The second-order valence-electron chi connectivity index (χ2n) is 6.20. The summed E-state index contributed by atoms with van der Waals surface area (Å²) in [6.07, 6.45) is 1.31. The Hall–Kier alpha value is -0.220. The van der Waals surface area contributed by atoms with E-state index in [1.165, 1.54) is 30.4 Å². The molecule has 104 valence electrons. The van der Waals surface area contributed by atoms with Gasteiger partial charge in [0.05, 0.1) is 0 Å². The highest BCUT2D eigenvalue weighted by Crippen LogP contribution is 2.22. The molecule has 18 heavy (non-hydrogen) atoms. The number of likely N-dealkylation sites (tertiary alicyclic amines) is 1. The van der Waals surface area contributed by atoms with Crippen LogP contribution in [0.2, 0.25) is 0 Å². The molecule has 2 saturated heterocycles. The Morgan fingerprint density at radius 1 is 1.39 bits per heavy atom. The molecule has 2 aliphatic rings. The maximum Gasteiger partial charge on any atom is 0.156 e. The Bertz CT molecular complexity index is 301. The molecule has 0 amide bonds. The van der Waals surface area contributed by atoms with Crippen LogP contribution in [0.15, 0.2) is 4.99 Å². The highest BCUT2D eigenvalue weighted by molar-refractivity contribution is 8.14. The third kappa shape index (κ3) is 3.64. The molecule has 4 heteroatoms. The lowest BCUT2D eigenvalue weighted by Crippen LogP contribution is -2.32. The molecule has 0 radical (unpaired) electrons. The SMILES string of the molecule is CC(C)[C@H]1CSC(=NCC2CCN(C(C)C)C2)N1. The zero-order chi connectivity index (χ0) is 13.1. The second-order valence-corrected chi connectivity index (χ2v) is 7.20. The standard InChI is InChI=1S/C14H27N3S/c1-10(2)13-9-18-14(16-13)15-7-12-5-6-17(8-12)11(3)4/h10-13H,5-9H2,1-4H3,(H,15,16)/t12?,13-/m1/s1. The van der Waals surface area contributed by atoms with E-state index >= 15 is 0 Å². The number of aliphatic imine (C=N–C) groups is 1. The molecule has 2 atom stereocenters. The molecule has 0 saturated carbocycles. The van der Waals surface area contributed by atoms with Crippen LogP contribution in [0.5, 0.6) is 0 Å². The molecule has 0 bridgehead atoms. The van der Waals surface area contributed by atoms with Crippen LogP contribution in [0.4, 0.5) is 0 Å². The van der Waals surface area contributed by atoms with Crippen molar-refractivity contribution in [3.8, 4) is 0 Å². The van der Waals surface area contributed by atoms with E-state index in [9.17, 15) is 0 Å². The van der Waals surface area contributed by atoms with Crippen molar-refractivity contribution >= 4 is 16.9 Å². The van der Waals surface area contributed by atoms with Gasteiger partial charge in [0.2, 0.25) is 0 Å². The first kappa shape index (κ1) is 14.2. The number of nitrogens with zero attached hydrogens (tertiary/aromatic N) is 2. The molecule has 2 aliphatic heterocycles. The molecule has 2 rings (SSSR count). The van der Waals surface area contributed by atoms with Crippen LogP contribution in [-0.4, -0.2) is 47.5 Å². The number of nitrogens with one attached hydrogen (secondary N) is 1. The van der Waals surface area contributed by atoms with Gasteiger partial charge in [0.25, 0.3) is 0 Å². The number of amidine groups is 1. The van der Waals surface area contributed by atoms with Crippen molar-refractivity contribution in [2.45, 2.75) is 46.2 Å². The van der Waals surface area contributed by atoms with Crippen molar-refractivity contribution in [2.75, 3.05) is 25.4 Å². The Morgan fingerprint density at radius 2 is 2.17 bits per heavy atom. The molecule has 0 aromatic heterocycles. The summed E-state index contributed by atoms with van der Waals surface area (Å²) in [7, 11) is 0. The largest absolute Gasteiger partial charge is 0.361 e. The predicted molar refractivity (Wildman–Crippen MR) is 81.3 cm³/mol. The van der Waals surface area contributed by atoms with Gasteiger partial charge in [0, 0.05) is 30.9 Å². The number of hydrogen-bond acceptors (Lipinski definition) is 3. The van der Waals surface area contributed by atoms with E-state index in [2.05, 4.69) is 37.9 Å². The summed E-state index contributed by atoms with van der Waals surface area (Å²) < 4.78 is 0. The molecule has 0 aromatic rings. The molecule has 2 fully saturated rings. The minimum atomic E-state index is 0.615. The Balaban J connectivity index is 1.75. The van der Waals surface area contributed by atoms with Gasteiger partial charge in [-0.25, -0.2) is 0 Å². The minimum Gasteiger partial charge on any atom is -0.361 e. The monoisotopic (exact) mass is 269 g/mol. The van der Waals surface area contributed by atoms with Crippen molar-refractivity contribution in [2.24, 2.45) is 16.8 Å². The highest BCUT2D eigenvalue weighted by Gasteiger charge is 2.26. The van der Waals surface area contributed by atoms with Crippen molar-refractivity contribution in [1.82, 2.24) is 10.2 Å². The molecule has 3 nitrogen and oxygen atoms in total. The quantitative estimate of drug-likeness (QED) is 0.849. The Morgan fingerprint density at radius 3 is 2.72 bits per heavy atom. The van der Waals surface area contributed by atoms with Gasteiger partial charge in [-0.15, -0.1) is 0 Å². The maximum atomic E-state index is 4.77. The normalized spacial score (nSPS) is 31.8. The Kier molecular flexibility index (Phi) is 4.96. The lowest BCUT2D eigenvalue weighted by Gasteiger charge is -2.19. The first-order chi connectivity index (χ1) is 8.56. The Labute approximate surface area is 116 Å². The van der Waals surface area contributed by atoms with Gasteiger partial charge in [-0.3, -0.25) is 4.99 Å². The van der Waals surface area contributed by atoms with Crippen LogP contribution < -0.4 is 5.32 Å². The topological polar surface area (TPSA) is 27.6 Å². The molecule has 2 heterocycles. The molecule has 1 N–H and O–H groups in total. The zero-order valence-corrected chi connectivity index (χ0v) is 13.0. The van der Waals surface area contributed by atoms with Gasteiger partial charge in [-0.1, -0.05) is 25.6 Å². The van der Waals surface area contributed by atoms with E-state index in [1.54, 1.807) is 0 Å². The summed E-state index contributed by atoms with van der Waals surface area (Å²) in [5, 5.41) is 4.73. The van der Waals surface area contributed by atoms with E-state index in [0.29, 0.717) is 18.0 Å². The lowest BCUT2D eigenvalue weighted by atomic mass is 10.1. The van der Waals surface area contributed by atoms with E-state index in [1.807, 2.05) is 11.8 Å². The first-order valence-corrected chi connectivity index (χ1v) is 8.22. The fourth-order valence-corrected chi connectivity index (χ4v) is 3.76. The highest BCUT2D eigenvalue weighted by atomic mass is 32.2. The van der Waals surface area contributed by atoms with Crippen molar-refractivity contribution in [3.05, 3.63) is 0 Å². The summed E-state index contributed by atoms with van der Waals surface area (Å²) in [5.74, 6) is 2.65. The van der Waals surface area contributed by atoms with Gasteiger partial charge in [0.15, 0.2) is 5.17 Å². The van der Waals surface area contributed by atoms with Crippen LogP contribution >= 0.6 is 11.8 Å². The smallest absolute Gasteiger partial charge is 0.156 e. The third-order valence-corrected chi connectivity index (χ3v) is 5.10. The fraction of sp³-hybridized carbons (Fsp3) is 0.929. The van der Waals surface area contributed by atoms with Crippen LogP contribution in [0.25, 0.3) is 0 Å². The first-order valence-electron chi connectivity index (χ1n) is 7.24. The number of rotatable bonds is 4. The number of hydrogen-bond donors (Lipinski definition) is 1. The molecule has 0 aromatic carbocycles. The van der Waals surface area contributed by atoms with Crippen LogP contribution in [-0.2, 0) is 0 Å². The maximum absolute atomic E-state index is 4.77. The molecule has 0 aliphatic carbocycles. The summed E-state index contributed by atoms with van der Waals surface area (Å²) in [6, 6.07) is 1.30. The summed E-state index contributed by atoms with van der Waals surface area (Å²) in [6.45, 7) is 12.6. The van der Waals surface area contributed by atoms with Gasteiger partial charge < -0.3 is 10.2 Å². The molecular weight excluding hydrogens is 242 g/mol. The molecule has 0 spiro atoms. The fourth-order valence-electron chi connectivity index (χ4n) is 2.55. The van der Waals surface area contributed by atoms with E-state index < -0.39 is 0 Å². The van der Waals surface area contributed by atoms with Crippen LogP contribution in [0, 0.1) is 11.8 Å². The van der Waals surface area contributed by atoms with E-state index in [-0.39, 0.29) is 0 Å². The number of thioether (sulfide) groups is 1. The van der Waals surface area contributed by atoms with Gasteiger partial charge in [-0.05, 0) is 38.6 Å².